The van der Waals surface area contributed by atoms with Crippen LogP contribution in [0.1, 0.15) is 29.8 Å². The summed E-state index contributed by atoms with van der Waals surface area (Å²) < 4.78 is 10.6. The molecule has 0 fully saturated rings. The average Bonchev–Trinajstić information content (AvgIpc) is 2.54. The second-order valence-electron chi connectivity index (χ2n) is 5.49. The number of amides is 1. The zero-order valence-corrected chi connectivity index (χ0v) is 13.3. The second kappa shape index (κ2) is 6.52. The maximum Gasteiger partial charge on any atom is 0.255 e. The fourth-order valence-electron chi connectivity index (χ4n) is 2.34. The molecule has 4 nitrogen and oxygen atoms in total. The van der Waals surface area contributed by atoms with Crippen molar-refractivity contribution in [2.75, 3.05) is 14.2 Å². The Kier molecular flexibility index (Phi) is 4.71. The van der Waals surface area contributed by atoms with Crippen LogP contribution in [0.25, 0.3) is 0 Å². The molecule has 1 N–H and O–H groups in total. The van der Waals surface area contributed by atoms with Gasteiger partial charge in [0.2, 0.25) is 0 Å². The lowest BCUT2D eigenvalue weighted by Crippen LogP contribution is -2.41. The maximum atomic E-state index is 12.6. The first-order chi connectivity index (χ1) is 10.5. The molecule has 0 heterocycles. The van der Waals surface area contributed by atoms with Gasteiger partial charge in [0.15, 0.2) is 11.5 Å². The molecule has 0 atom stereocenters. The van der Waals surface area contributed by atoms with E-state index < -0.39 is 5.54 Å². The van der Waals surface area contributed by atoms with Crippen molar-refractivity contribution >= 4 is 5.91 Å². The lowest BCUT2D eigenvalue weighted by molar-refractivity contribution is 0.0908. The molecule has 22 heavy (non-hydrogen) atoms. The number of para-hydroxylation sites is 1. The van der Waals surface area contributed by atoms with Crippen molar-refractivity contribution in [1.29, 1.82) is 0 Å². The van der Waals surface area contributed by atoms with Crippen LogP contribution in [0.5, 0.6) is 11.5 Å². The SMILES string of the molecule is COc1cccc(C(=O)NC(C)(C)c2ccccc2)c1OC. The molecule has 2 aromatic carbocycles. The number of hydrogen-bond donors (Lipinski definition) is 1. The molecule has 0 aliphatic heterocycles. The molecule has 4 heteroatoms. The number of ether oxygens (including phenoxy) is 2. The minimum Gasteiger partial charge on any atom is -0.493 e. The van der Waals surface area contributed by atoms with Gasteiger partial charge in [0.25, 0.3) is 5.91 Å². The third-order valence-corrected chi connectivity index (χ3v) is 3.57. The Bertz CT molecular complexity index is 651. The number of carbonyl (C=O) groups excluding carboxylic acids is 1. The number of methoxy groups -OCH3 is 2. The van der Waals surface area contributed by atoms with Crippen LogP contribution < -0.4 is 14.8 Å². The topological polar surface area (TPSA) is 47.6 Å². The van der Waals surface area contributed by atoms with E-state index in [0.29, 0.717) is 17.1 Å². The van der Waals surface area contributed by atoms with Gasteiger partial charge in [-0.25, -0.2) is 0 Å². The molecule has 0 saturated heterocycles. The van der Waals surface area contributed by atoms with E-state index in [2.05, 4.69) is 5.32 Å². The van der Waals surface area contributed by atoms with Crippen LogP contribution in [0.4, 0.5) is 0 Å². The molecule has 0 aliphatic carbocycles. The molecule has 0 unspecified atom stereocenters. The highest BCUT2D eigenvalue weighted by Crippen LogP contribution is 2.31. The van der Waals surface area contributed by atoms with E-state index in [9.17, 15) is 4.79 Å². The molecular formula is C18H21NO3. The number of rotatable bonds is 5. The van der Waals surface area contributed by atoms with Gasteiger partial charge in [-0.3, -0.25) is 4.79 Å². The van der Waals surface area contributed by atoms with Gasteiger partial charge in [-0.15, -0.1) is 0 Å². The van der Waals surface area contributed by atoms with E-state index >= 15 is 0 Å². The first-order valence-corrected chi connectivity index (χ1v) is 7.08. The Morgan fingerprint density at radius 2 is 1.64 bits per heavy atom. The first kappa shape index (κ1) is 15.9. The molecule has 0 saturated carbocycles. The normalized spacial score (nSPS) is 10.9. The highest BCUT2D eigenvalue weighted by atomic mass is 16.5. The molecule has 2 rings (SSSR count). The summed E-state index contributed by atoms with van der Waals surface area (Å²) in [4.78, 5) is 12.6. The summed E-state index contributed by atoms with van der Waals surface area (Å²) in [6, 6.07) is 15.1. The van der Waals surface area contributed by atoms with E-state index in [4.69, 9.17) is 9.47 Å². The lowest BCUT2D eigenvalue weighted by Gasteiger charge is -2.27. The van der Waals surface area contributed by atoms with Crippen LogP contribution in [0.3, 0.4) is 0 Å². The summed E-state index contributed by atoms with van der Waals surface area (Å²) in [7, 11) is 3.07. The Morgan fingerprint density at radius 3 is 2.23 bits per heavy atom. The molecule has 0 radical (unpaired) electrons. The smallest absolute Gasteiger partial charge is 0.255 e. The quantitative estimate of drug-likeness (QED) is 0.921. The summed E-state index contributed by atoms with van der Waals surface area (Å²) in [6.45, 7) is 3.93. The van der Waals surface area contributed by atoms with Crippen LogP contribution in [0.15, 0.2) is 48.5 Å². The number of carbonyl (C=O) groups is 1. The second-order valence-corrected chi connectivity index (χ2v) is 5.49. The Morgan fingerprint density at radius 1 is 0.955 bits per heavy atom. The predicted molar refractivity (Wildman–Crippen MR) is 86.5 cm³/mol. The zero-order chi connectivity index (χ0) is 16.2. The van der Waals surface area contributed by atoms with Crippen molar-refractivity contribution in [3.8, 4) is 11.5 Å². The van der Waals surface area contributed by atoms with Crippen LogP contribution in [-0.4, -0.2) is 20.1 Å². The standard InChI is InChI=1S/C18H21NO3/c1-18(2,13-9-6-5-7-10-13)19-17(20)14-11-8-12-15(21-3)16(14)22-4/h5-12H,1-4H3,(H,19,20). The van der Waals surface area contributed by atoms with Crippen LogP contribution in [0.2, 0.25) is 0 Å². The van der Waals surface area contributed by atoms with Crippen molar-refractivity contribution in [1.82, 2.24) is 5.32 Å². The highest BCUT2D eigenvalue weighted by Gasteiger charge is 2.25. The van der Waals surface area contributed by atoms with Crippen LogP contribution in [-0.2, 0) is 5.54 Å². The summed E-state index contributed by atoms with van der Waals surface area (Å²) in [5.41, 5.74) is 0.989. The van der Waals surface area contributed by atoms with Crippen molar-refractivity contribution < 1.29 is 14.3 Å². The van der Waals surface area contributed by atoms with E-state index in [1.807, 2.05) is 44.2 Å². The largest absolute Gasteiger partial charge is 0.493 e. The van der Waals surface area contributed by atoms with E-state index in [0.717, 1.165) is 5.56 Å². The minimum atomic E-state index is -0.494. The van der Waals surface area contributed by atoms with Gasteiger partial charge < -0.3 is 14.8 Å². The van der Waals surface area contributed by atoms with E-state index in [1.54, 1.807) is 25.3 Å². The number of benzene rings is 2. The Hall–Kier alpha value is -2.49. The number of hydrogen-bond acceptors (Lipinski definition) is 3. The van der Waals surface area contributed by atoms with Gasteiger partial charge in [-0.1, -0.05) is 36.4 Å². The third-order valence-electron chi connectivity index (χ3n) is 3.57. The molecule has 2 aromatic rings. The fourth-order valence-corrected chi connectivity index (χ4v) is 2.34. The lowest BCUT2D eigenvalue weighted by atomic mass is 9.94. The summed E-state index contributed by atoms with van der Waals surface area (Å²) in [6.07, 6.45) is 0. The predicted octanol–water partition coefficient (Wildman–Crippen LogP) is 3.37. The molecule has 116 valence electrons. The monoisotopic (exact) mass is 299 g/mol. The van der Waals surface area contributed by atoms with Gasteiger partial charge in [0.05, 0.1) is 25.3 Å². The van der Waals surface area contributed by atoms with Crippen LogP contribution >= 0.6 is 0 Å². The van der Waals surface area contributed by atoms with Crippen molar-refractivity contribution in [2.45, 2.75) is 19.4 Å². The third kappa shape index (κ3) is 3.22. The van der Waals surface area contributed by atoms with Gasteiger partial charge in [0, 0.05) is 0 Å². The fraction of sp³-hybridized carbons (Fsp3) is 0.278. The zero-order valence-electron chi connectivity index (χ0n) is 13.3. The molecule has 0 bridgehead atoms. The van der Waals surface area contributed by atoms with Crippen LogP contribution in [0, 0.1) is 0 Å². The van der Waals surface area contributed by atoms with E-state index in [-0.39, 0.29) is 5.91 Å². The summed E-state index contributed by atoms with van der Waals surface area (Å²) >= 11 is 0. The van der Waals surface area contributed by atoms with Gasteiger partial charge in [-0.05, 0) is 31.5 Å². The minimum absolute atomic E-state index is 0.204. The molecule has 0 spiro atoms. The van der Waals surface area contributed by atoms with E-state index in [1.165, 1.54) is 7.11 Å². The van der Waals surface area contributed by atoms with Crippen molar-refractivity contribution in [3.05, 3.63) is 59.7 Å². The van der Waals surface area contributed by atoms with Crippen molar-refractivity contribution in [2.24, 2.45) is 0 Å². The maximum absolute atomic E-state index is 12.6. The van der Waals surface area contributed by atoms with Gasteiger partial charge in [0.1, 0.15) is 0 Å². The molecule has 0 aromatic heterocycles. The van der Waals surface area contributed by atoms with Gasteiger partial charge >= 0.3 is 0 Å². The average molecular weight is 299 g/mol. The van der Waals surface area contributed by atoms with Crippen molar-refractivity contribution in [3.63, 3.8) is 0 Å². The Balaban J connectivity index is 2.30. The summed E-state index contributed by atoms with van der Waals surface area (Å²) in [5.74, 6) is 0.767. The summed E-state index contributed by atoms with van der Waals surface area (Å²) in [5, 5.41) is 3.04. The Labute approximate surface area is 131 Å². The highest BCUT2D eigenvalue weighted by molar-refractivity contribution is 5.98. The first-order valence-electron chi connectivity index (χ1n) is 7.08. The molecular weight excluding hydrogens is 278 g/mol. The van der Waals surface area contributed by atoms with Gasteiger partial charge in [-0.2, -0.15) is 0 Å². The molecule has 1 amide bonds. The molecule has 0 aliphatic rings. The number of nitrogens with one attached hydrogen (secondary N) is 1.